The van der Waals surface area contributed by atoms with Crippen molar-refractivity contribution in [3.8, 4) is 6.07 Å². The van der Waals surface area contributed by atoms with Crippen molar-refractivity contribution in [2.24, 2.45) is 0 Å². The molecule has 1 fully saturated rings. The monoisotopic (exact) mass is 268 g/mol. The zero-order chi connectivity index (χ0) is 13.9. The van der Waals surface area contributed by atoms with Crippen LogP contribution in [0.25, 0.3) is 10.9 Å². The molecule has 0 spiro atoms. The molecule has 0 amide bonds. The molecule has 20 heavy (non-hydrogen) atoms. The van der Waals surface area contributed by atoms with E-state index in [0.29, 0.717) is 12.5 Å². The molecule has 2 aromatic rings. The second-order valence-corrected chi connectivity index (χ2v) is 5.39. The molecule has 1 saturated carbocycles. The molecule has 1 heterocycles. The molecule has 1 aromatic heterocycles. The van der Waals surface area contributed by atoms with Crippen molar-refractivity contribution in [3.63, 3.8) is 0 Å². The Kier molecular flexibility index (Phi) is 3.70. The van der Waals surface area contributed by atoms with E-state index in [1.807, 2.05) is 0 Å². The lowest BCUT2D eigenvalue weighted by molar-refractivity contribution is 0.257. The van der Waals surface area contributed by atoms with Crippen molar-refractivity contribution in [2.75, 3.05) is 6.54 Å². The Morgan fingerprint density at radius 2 is 2.20 bits per heavy atom. The lowest BCUT2D eigenvalue weighted by Crippen LogP contribution is -2.26. The van der Waals surface area contributed by atoms with Gasteiger partial charge in [0.15, 0.2) is 0 Å². The number of aromatic nitrogens is 2. The highest BCUT2D eigenvalue weighted by molar-refractivity contribution is 5.81. The van der Waals surface area contributed by atoms with E-state index in [1.54, 1.807) is 0 Å². The first-order valence-corrected chi connectivity index (χ1v) is 7.39. The molecule has 1 aromatic carbocycles. The van der Waals surface area contributed by atoms with Gasteiger partial charge in [0, 0.05) is 37.5 Å². The van der Waals surface area contributed by atoms with E-state index in [2.05, 4.69) is 46.8 Å². The normalized spacial score (nSPS) is 14.8. The van der Waals surface area contributed by atoms with Gasteiger partial charge in [0.25, 0.3) is 0 Å². The zero-order valence-electron chi connectivity index (χ0n) is 11.9. The summed E-state index contributed by atoms with van der Waals surface area (Å²) in [6.45, 7) is 4.73. The third-order valence-corrected chi connectivity index (χ3v) is 3.96. The molecular weight excluding hydrogens is 248 g/mol. The van der Waals surface area contributed by atoms with Crippen molar-refractivity contribution in [2.45, 2.75) is 45.3 Å². The van der Waals surface area contributed by atoms with Crippen molar-refractivity contribution in [1.82, 2.24) is 14.7 Å². The van der Waals surface area contributed by atoms with E-state index < -0.39 is 0 Å². The number of nitrogens with zero attached hydrogens (tertiary/aromatic N) is 4. The number of hydrogen-bond acceptors (Lipinski definition) is 3. The molecule has 0 bridgehead atoms. The van der Waals surface area contributed by atoms with Crippen molar-refractivity contribution in [1.29, 1.82) is 5.26 Å². The smallest absolute Gasteiger partial charge is 0.0843 e. The molecule has 1 aliphatic carbocycles. The summed E-state index contributed by atoms with van der Waals surface area (Å²) < 4.78 is 2.07. The van der Waals surface area contributed by atoms with Crippen LogP contribution in [-0.2, 0) is 13.1 Å². The molecule has 0 aliphatic heterocycles. The van der Waals surface area contributed by atoms with Crippen LogP contribution in [0.1, 0.15) is 31.9 Å². The number of aryl methyl sites for hydroxylation is 1. The van der Waals surface area contributed by atoms with E-state index in [0.717, 1.165) is 25.3 Å². The third-order valence-electron chi connectivity index (χ3n) is 3.96. The van der Waals surface area contributed by atoms with Crippen LogP contribution in [0.4, 0.5) is 0 Å². The van der Waals surface area contributed by atoms with Gasteiger partial charge < -0.3 is 0 Å². The SMILES string of the molecule is CCn1nc(CN(CCC#N)C2CC2)c2ccccc21. The summed E-state index contributed by atoms with van der Waals surface area (Å²) in [5.41, 5.74) is 2.35. The molecule has 0 saturated heterocycles. The Morgan fingerprint density at radius 3 is 2.90 bits per heavy atom. The first-order chi connectivity index (χ1) is 9.83. The average Bonchev–Trinajstić information content (AvgIpc) is 3.26. The maximum atomic E-state index is 8.80. The van der Waals surface area contributed by atoms with Crippen molar-refractivity contribution in [3.05, 3.63) is 30.0 Å². The topological polar surface area (TPSA) is 44.9 Å². The van der Waals surface area contributed by atoms with E-state index in [-0.39, 0.29) is 0 Å². The Morgan fingerprint density at radius 1 is 1.40 bits per heavy atom. The van der Waals surface area contributed by atoms with Gasteiger partial charge in [-0.3, -0.25) is 9.58 Å². The highest BCUT2D eigenvalue weighted by Crippen LogP contribution is 2.29. The summed E-state index contributed by atoms with van der Waals surface area (Å²) in [5, 5.41) is 14.8. The molecule has 3 rings (SSSR count). The van der Waals surface area contributed by atoms with Crippen LogP contribution in [0.2, 0.25) is 0 Å². The third kappa shape index (κ3) is 2.54. The summed E-state index contributed by atoms with van der Waals surface area (Å²) in [6, 6.07) is 11.3. The lowest BCUT2D eigenvalue weighted by Gasteiger charge is -2.19. The minimum absolute atomic E-state index is 0.600. The Hall–Kier alpha value is -1.86. The van der Waals surface area contributed by atoms with E-state index >= 15 is 0 Å². The maximum Gasteiger partial charge on any atom is 0.0843 e. The second kappa shape index (κ2) is 5.64. The van der Waals surface area contributed by atoms with Gasteiger partial charge in [0.2, 0.25) is 0 Å². The fourth-order valence-corrected chi connectivity index (χ4v) is 2.77. The maximum absolute atomic E-state index is 8.80. The summed E-state index contributed by atoms with van der Waals surface area (Å²) >= 11 is 0. The predicted molar refractivity (Wildman–Crippen MR) is 79.1 cm³/mol. The minimum Gasteiger partial charge on any atom is -0.293 e. The number of hydrogen-bond donors (Lipinski definition) is 0. The summed E-state index contributed by atoms with van der Waals surface area (Å²) in [7, 11) is 0. The second-order valence-electron chi connectivity index (χ2n) is 5.39. The van der Waals surface area contributed by atoms with Crippen LogP contribution in [0.3, 0.4) is 0 Å². The van der Waals surface area contributed by atoms with Gasteiger partial charge in [0.05, 0.1) is 17.3 Å². The fourth-order valence-electron chi connectivity index (χ4n) is 2.77. The average molecular weight is 268 g/mol. The molecule has 104 valence electrons. The van der Waals surface area contributed by atoms with E-state index in [1.165, 1.54) is 23.7 Å². The van der Waals surface area contributed by atoms with Gasteiger partial charge >= 0.3 is 0 Å². The van der Waals surface area contributed by atoms with Crippen molar-refractivity contribution >= 4 is 10.9 Å². The summed E-state index contributed by atoms with van der Waals surface area (Å²) in [4.78, 5) is 2.41. The van der Waals surface area contributed by atoms with Gasteiger partial charge in [-0.1, -0.05) is 18.2 Å². The van der Waals surface area contributed by atoms with E-state index in [4.69, 9.17) is 10.4 Å². The van der Waals surface area contributed by atoms with Gasteiger partial charge in [-0.2, -0.15) is 10.4 Å². The summed E-state index contributed by atoms with van der Waals surface area (Å²) in [6.07, 6.45) is 3.12. The molecular formula is C16H20N4. The standard InChI is InChI=1S/C16H20N4/c1-2-20-16-7-4-3-6-14(16)15(18-20)12-19(11-5-10-17)13-8-9-13/h3-4,6-7,13H,2,5,8-9,11-12H2,1H3. The Balaban J connectivity index is 1.87. The van der Waals surface area contributed by atoms with Crippen LogP contribution in [0.15, 0.2) is 24.3 Å². The first kappa shape index (κ1) is 13.1. The van der Waals surface area contributed by atoms with Crippen LogP contribution in [0.5, 0.6) is 0 Å². The highest BCUT2D eigenvalue weighted by atomic mass is 15.3. The van der Waals surface area contributed by atoms with Gasteiger partial charge in [-0.15, -0.1) is 0 Å². The molecule has 0 atom stereocenters. The zero-order valence-corrected chi connectivity index (χ0v) is 11.9. The van der Waals surface area contributed by atoms with Crippen LogP contribution in [-0.4, -0.2) is 27.3 Å². The van der Waals surface area contributed by atoms with Gasteiger partial charge in [-0.05, 0) is 25.8 Å². The van der Waals surface area contributed by atoms with Crippen molar-refractivity contribution < 1.29 is 0 Å². The number of fused-ring (bicyclic) bond motifs is 1. The fraction of sp³-hybridized carbons (Fsp3) is 0.500. The Labute approximate surface area is 119 Å². The highest BCUT2D eigenvalue weighted by Gasteiger charge is 2.29. The molecule has 1 aliphatic rings. The van der Waals surface area contributed by atoms with Crippen LogP contribution < -0.4 is 0 Å². The number of para-hydroxylation sites is 1. The lowest BCUT2D eigenvalue weighted by atomic mass is 10.2. The quantitative estimate of drug-likeness (QED) is 0.809. The molecule has 0 N–H and O–H groups in total. The summed E-state index contributed by atoms with van der Waals surface area (Å²) in [5.74, 6) is 0. The number of benzene rings is 1. The van der Waals surface area contributed by atoms with Gasteiger partial charge in [-0.25, -0.2) is 0 Å². The van der Waals surface area contributed by atoms with Crippen LogP contribution >= 0.6 is 0 Å². The molecule has 4 nitrogen and oxygen atoms in total. The van der Waals surface area contributed by atoms with E-state index in [9.17, 15) is 0 Å². The molecule has 0 unspecified atom stereocenters. The number of rotatable bonds is 6. The predicted octanol–water partition coefficient (Wildman–Crippen LogP) is 2.93. The first-order valence-electron chi connectivity index (χ1n) is 7.39. The van der Waals surface area contributed by atoms with Crippen LogP contribution in [0, 0.1) is 11.3 Å². The minimum atomic E-state index is 0.600. The number of nitriles is 1. The molecule has 0 radical (unpaired) electrons. The molecule has 4 heteroatoms. The Bertz CT molecular complexity index is 633. The van der Waals surface area contributed by atoms with Gasteiger partial charge in [0.1, 0.15) is 0 Å². The largest absolute Gasteiger partial charge is 0.293 e.